The summed E-state index contributed by atoms with van der Waals surface area (Å²) in [6, 6.07) is 15.9. The molecule has 2 heterocycles. The van der Waals surface area contributed by atoms with E-state index in [0.717, 1.165) is 67.5 Å². The first-order valence-corrected chi connectivity index (χ1v) is 12.2. The molecule has 0 spiro atoms. The number of anilines is 2. The Morgan fingerprint density at radius 1 is 1.09 bits per heavy atom. The van der Waals surface area contributed by atoms with E-state index in [2.05, 4.69) is 21.3 Å². The van der Waals surface area contributed by atoms with Crippen LogP contribution in [0, 0.1) is 0 Å². The SMILES string of the molecule is CN(CC(=O)Nc1ccc(N2CCOCC2)cc1)C(=O)CCCCc1nc2ccccc2s1. The fourth-order valence-corrected chi connectivity index (χ4v) is 4.86. The largest absolute Gasteiger partial charge is 0.378 e. The summed E-state index contributed by atoms with van der Waals surface area (Å²) in [5.41, 5.74) is 2.89. The van der Waals surface area contributed by atoms with Crippen LogP contribution in [-0.2, 0) is 20.7 Å². The number of amides is 2. The van der Waals surface area contributed by atoms with Crippen LogP contribution in [0.3, 0.4) is 0 Å². The maximum atomic E-state index is 12.4. The molecule has 8 heteroatoms. The minimum Gasteiger partial charge on any atom is -0.378 e. The number of unbranched alkanes of at least 4 members (excludes halogenated alkanes) is 1. The molecule has 174 valence electrons. The second-order valence-corrected chi connectivity index (χ2v) is 9.34. The van der Waals surface area contributed by atoms with Crippen molar-refractivity contribution in [2.45, 2.75) is 25.7 Å². The van der Waals surface area contributed by atoms with Gasteiger partial charge < -0.3 is 19.9 Å². The van der Waals surface area contributed by atoms with Crippen LogP contribution in [0.5, 0.6) is 0 Å². The van der Waals surface area contributed by atoms with Gasteiger partial charge in [0.2, 0.25) is 11.8 Å². The number of nitrogens with zero attached hydrogens (tertiary/aromatic N) is 3. The Morgan fingerprint density at radius 2 is 1.85 bits per heavy atom. The first-order valence-electron chi connectivity index (χ1n) is 11.4. The maximum absolute atomic E-state index is 12.4. The average molecular weight is 467 g/mol. The van der Waals surface area contributed by atoms with E-state index >= 15 is 0 Å². The van der Waals surface area contributed by atoms with Crippen LogP contribution < -0.4 is 10.2 Å². The van der Waals surface area contributed by atoms with E-state index in [1.165, 1.54) is 9.60 Å². The topological polar surface area (TPSA) is 74.8 Å². The third-order valence-corrected chi connectivity index (χ3v) is 6.80. The van der Waals surface area contributed by atoms with Crippen LogP contribution >= 0.6 is 11.3 Å². The molecule has 0 aliphatic carbocycles. The summed E-state index contributed by atoms with van der Waals surface area (Å²) >= 11 is 1.71. The fraction of sp³-hybridized carbons (Fsp3) is 0.400. The lowest BCUT2D eigenvalue weighted by molar-refractivity contribution is -0.133. The van der Waals surface area contributed by atoms with Crippen molar-refractivity contribution in [1.82, 2.24) is 9.88 Å². The van der Waals surface area contributed by atoms with Crippen molar-refractivity contribution in [3.05, 3.63) is 53.5 Å². The number of nitrogens with one attached hydrogen (secondary N) is 1. The number of aryl methyl sites for hydroxylation is 1. The number of para-hydroxylation sites is 1. The molecule has 1 N–H and O–H groups in total. The number of likely N-dealkylation sites (N-methyl/N-ethyl adjacent to an activating group) is 1. The molecule has 4 rings (SSSR count). The molecule has 0 saturated carbocycles. The monoisotopic (exact) mass is 466 g/mol. The van der Waals surface area contributed by atoms with Crippen molar-refractivity contribution < 1.29 is 14.3 Å². The quantitative estimate of drug-likeness (QED) is 0.484. The fourth-order valence-electron chi connectivity index (χ4n) is 3.85. The number of morpholine rings is 1. The van der Waals surface area contributed by atoms with Crippen LogP contribution in [0.1, 0.15) is 24.3 Å². The van der Waals surface area contributed by atoms with Crippen LogP contribution in [-0.4, -0.2) is 61.6 Å². The van der Waals surface area contributed by atoms with Crippen molar-refractivity contribution >= 4 is 44.7 Å². The van der Waals surface area contributed by atoms with Gasteiger partial charge in [-0.3, -0.25) is 9.59 Å². The van der Waals surface area contributed by atoms with Crippen molar-refractivity contribution in [2.75, 3.05) is 50.1 Å². The maximum Gasteiger partial charge on any atom is 0.243 e. The molecule has 1 saturated heterocycles. The normalized spacial score (nSPS) is 13.8. The second kappa shape index (κ2) is 11.2. The summed E-state index contributed by atoms with van der Waals surface area (Å²) in [5.74, 6) is -0.212. The molecule has 1 aliphatic heterocycles. The van der Waals surface area contributed by atoms with Crippen LogP contribution in [0.2, 0.25) is 0 Å². The summed E-state index contributed by atoms with van der Waals surface area (Å²) in [7, 11) is 1.68. The molecule has 1 aliphatic rings. The molecular weight excluding hydrogens is 436 g/mol. The van der Waals surface area contributed by atoms with Crippen LogP contribution in [0.15, 0.2) is 48.5 Å². The number of hydrogen-bond acceptors (Lipinski definition) is 6. The Balaban J connectivity index is 1.16. The van der Waals surface area contributed by atoms with Gasteiger partial charge in [-0.1, -0.05) is 12.1 Å². The number of thiazole rings is 1. The third-order valence-electron chi connectivity index (χ3n) is 5.70. The predicted octanol–water partition coefficient (Wildman–Crippen LogP) is 3.94. The summed E-state index contributed by atoms with van der Waals surface area (Å²) in [5, 5.41) is 3.98. The summed E-state index contributed by atoms with van der Waals surface area (Å²) in [6.07, 6.45) is 2.99. The number of carbonyl (C=O) groups excluding carboxylic acids is 2. The number of ether oxygens (including phenoxy) is 1. The minimum atomic E-state index is -0.195. The number of carbonyl (C=O) groups is 2. The highest BCUT2D eigenvalue weighted by Crippen LogP contribution is 2.23. The molecule has 2 amide bonds. The van der Waals surface area contributed by atoms with E-state index in [0.29, 0.717) is 6.42 Å². The molecular formula is C25H30N4O3S. The Morgan fingerprint density at radius 3 is 2.61 bits per heavy atom. The van der Waals surface area contributed by atoms with Gasteiger partial charge in [0, 0.05) is 37.9 Å². The zero-order valence-corrected chi connectivity index (χ0v) is 19.8. The van der Waals surface area contributed by atoms with E-state index in [1.807, 2.05) is 42.5 Å². The lowest BCUT2D eigenvalue weighted by Gasteiger charge is -2.28. The molecule has 0 atom stereocenters. The number of hydrogen-bond donors (Lipinski definition) is 1. The number of fused-ring (bicyclic) bond motifs is 1. The highest BCUT2D eigenvalue weighted by molar-refractivity contribution is 7.18. The highest BCUT2D eigenvalue weighted by Gasteiger charge is 2.14. The second-order valence-electron chi connectivity index (χ2n) is 8.23. The van der Waals surface area contributed by atoms with E-state index in [4.69, 9.17) is 4.74 Å². The van der Waals surface area contributed by atoms with Crippen LogP contribution in [0.4, 0.5) is 11.4 Å². The number of benzene rings is 2. The molecule has 3 aromatic rings. The molecule has 2 aromatic carbocycles. The predicted molar refractivity (Wildman–Crippen MR) is 133 cm³/mol. The van der Waals surface area contributed by atoms with E-state index in [1.54, 1.807) is 18.4 Å². The Labute approximate surface area is 198 Å². The minimum absolute atomic E-state index is 0.0166. The third kappa shape index (κ3) is 6.52. The molecule has 0 unspecified atom stereocenters. The summed E-state index contributed by atoms with van der Waals surface area (Å²) in [6.45, 7) is 3.27. The standard InChI is InChI=1S/C25H30N4O3S/c1-28(25(31)9-5-4-8-24-27-21-6-2-3-7-22(21)33-24)18-23(30)26-19-10-12-20(13-11-19)29-14-16-32-17-15-29/h2-3,6-7,10-13H,4-5,8-9,14-18H2,1H3,(H,26,30). The molecule has 0 bridgehead atoms. The van der Waals surface area contributed by atoms with Crippen molar-refractivity contribution in [1.29, 1.82) is 0 Å². The lowest BCUT2D eigenvalue weighted by Crippen LogP contribution is -2.36. The molecule has 7 nitrogen and oxygen atoms in total. The van der Waals surface area contributed by atoms with Gasteiger partial charge in [0.25, 0.3) is 0 Å². The van der Waals surface area contributed by atoms with Gasteiger partial charge >= 0.3 is 0 Å². The van der Waals surface area contributed by atoms with Gasteiger partial charge in [-0.2, -0.15) is 0 Å². The summed E-state index contributed by atoms with van der Waals surface area (Å²) in [4.78, 5) is 33.2. The van der Waals surface area contributed by atoms with Gasteiger partial charge in [0.15, 0.2) is 0 Å². The van der Waals surface area contributed by atoms with Crippen molar-refractivity contribution in [3.63, 3.8) is 0 Å². The molecule has 0 radical (unpaired) electrons. The Hall–Kier alpha value is -2.97. The van der Waals surface area contributed by atoms with E-state index in [9.17, 15) is 9.59 Å². The highest BCUT2D eigenvalue weighted by atomic mass is 32.1. The van der Waals surface area contributed by atoms with Gasteiger partial charge in [0.05, 0.1) is 35.0 Å². The summed E-state index contributed by atoms with van der Waals surface area (Å²) < 4.78 is 6.58. The zero-order chi connectivity index (χ0) is 23.0. The molecule has 1 fully saturated rings. The average Bonchev–Trinajstić information content (AvgIpc) is 3.25. The zero-order valence-electron chi connectivity index (χ0n) is 19.0. The number of rotatable bonds is 9. The van der Waals surface area contributed by atoms with Crippen molar-refractivity contribution in [2.24, 2.45) is 0 Å². The van der Waals surface area contributed by atoms with Gasteiger partial charge in [-0.05, 0) is 55.7 Å². The van der Waals surface area contributed by atoms with E-state index < -0.39 is 0 Å². The van der Waals surface area contributed by atoms with Crippen molar-refractivity contribution in [3.8, 4) is 0 Å². The van der Waals surface area contributed by atoms with E-state index in [-0.39, 0.29) is 18.4 Å². The lowest BCUT2D eigenvalue weighted by atomic mass is 10.2. The number of aromatic nitrogens is 1. The smallest absolute Gasteiger partial charge is 0.243 e. The van der Waals surface area contributed by atoms with Gasteiger partial charge in [-0.15, -0.1) is 11.3 Å². The van der Waals surface area contributed by atoms with Crippen LogP contribution in [0.25, 0.3) is 10.2 Å². The first-order chi connectivity index (χ1) is 16.1. The first kappa shape index (κ1) is 23.2. The Kier molecular flexibility index (Phi) is 7.91. The van der Waals surface area contributed by atoms with Gasteiger partial charge in [-0.25, -0.2) is 4.98 Å². The Bertz CT molecular complexity index is 1040. The van der Waals surface area contributed by atoms with Gasteiger partial charge in [0.1, 0.15) is 0 Å². The molecule has 1 aromatic heterocycles. The molecule has 33 heavy (non-hydrogen) atoms.